The molecule has 0 radical (unpaired) electrons. The zero-order valence-corrected chi connectivity index (χ0v) is 11.1. The van der Waals surface area contributed by atoms with Crippen LogP contribution in [0.2, 0.25) is 0 Å². The first-order valence-electron chi connectivity index (χ1n) is 6.27. The number of benzene rings is 2. The number of carbonyl (C=O) groups excluding carboxylic acids is 1. The zero-order valence-electron chi connectivity index (χ0n) is 11.1. The molecule has 2 aromatic rings. The Bertz CT molecular complexity index is 605. The summed E-state index contributed by atoms with van der Waals surface area (Å²) >= 11 is 0. The van der Waals surface area contributed by atoms with Gasteiger partial charge in [-0.05, 0) is 49.2 Å². The molecule has 0 heterocycles. The molecular formula is C16H17NO2. The highest BCUT2D eigenvalue weighted by Gasteiger charge is 2.07. The molecule has 98 valence electrons. The van der Waals surface area contributed by atoms with Crippen molar-refractivity contribution in [2.24, 2.45) is 0 Å². The van der Waals surface area contributed by atoms with Gasteiger partial charge in [0.25, 0.3) is 0 Å². The summed E-state index contributed by atoms with van der Waals surface area (Å²) in [5.74, 6) is 1.32. The standard InChI is InChI=1S/C16H17NO2/c1-3-12-5-4-6-13(9-12)19-14-7-8-16(17)15(10-14)11(2)18/h4-10H,3,17H2,1-2H3. The summed E-state index contributed by atoms with van der Waals surface area (Å²) in [5, 5.41) is 0. The largest absolute Gasteiger partial charge is 0.457 e. The average Bonchev–Trinajstić information content (AvgIpc) is 2.41. The molecule has 3 nitrogen and oxygen atoms in total. The molecule has 3 heteroatoms. The fourth-order valence-corrected chi connectivity index (χ4v) is 1.87. The van der Waals surface area contributed by atoms with Crippen molar-refractivity contribution in [3.63, 3.8) is 0 Å². The van der Waals surface area contributed by atoms with Gasteiger partial charge in [0.1, 0.15) is 11.5 Å². The van der Waals surface area contributed by atoms with Gasteiger partial charge in [0.15, 0.2) is 5.78 Å². The van der Waals surface area contributed by atoms with Crippen molar-refractivity contribution in [1.29, 1.82) is 0 Å². The van der Waals surface area contributed by atoms with Crippen LogP contribution >= 0.6 is 0 Å². The third-order valence-corrected chi connectivity index (χ3v) is 2.95. The van der Waals surface area contributed by atoms with Gasteiger partial charge in [0.05, 0.1) is 0 Å². The van der Waals surface area contributed by atoms with E-state index in [1.54, 1.807) is 18.2 Å². The maximum atomic E-state index is 11.4. The molecule has 0 unspecified atom stereocenters. The first-order valence-corrected chi connectivity index (χ1v) is 6.27. The number of rotatable bonds is 4. The molecule has 0 saturated carbocycles. The lowest BCUT2D eigenvalue weighted by Crippen LogP contribution is -1.99. The van der Waals surface area contributed by atoms with Crippen molar-refractivity contribution in [2.45, 2.75) is 20.3 Å². The Labute approximate surface area is 113 Å². The van der Waals surface area contributed by atoms with E-state index in [2.05, 4.69) is 13.0 Å². The number of carbonyl (C=O) groups is 1. The second-order valence-corrected chi connectivity index (χ2v) is 4.41. The summed E-state index contributed by atoms with van der Waals surface area (Å²) in [6, 6.07) is 13.0. The molecule has 0 bridgehead atoms. The number of aryl methyl sites for hydroxylation is 1. The molecule has 0 atom stereocenters. The molecule has 0 spiro atoms. The van der Waals surface area contributed by atoms with E-state index in [9.17, 15) is 4.79 Å². The fraction of sp³-hybridized carbons (Fsp3) is 0.188. The van der Waals surface area contributed by atoms with Crippen LogP contribution in [-0.4, -0.2) is 5.78 Å². The third kappa shape index (κ3) is 3.13. The minimum atomic E-state index is -0.0646. The first-order chi connectivity index (χ1) is 9.10. The van der Waals surface area contributed by atoms with E-state index in [1.165, 1.54) is 12.5 Å². The number of hydrogen-bond acceptors (Lipinski definition) is 3. The minimum absolute atomic E-state index is 0.0646. The Balaban J connectivity index is 2.28. The minimum Gasteiger partial charge on any atom is -0.457 e. The molecule has 0 saturated heterocycles. The number of anilines is 1. The Morgan fingerprint density at radius 1 is 1.16 bits per heavy atom. The van der Waals surface area contributed by atoms with E-state index in [4.69, 9.17) is 10.5 Å². The summed E-state index contributed by atoms with van der Waals surface area (Å²) < 4.78 is 5.76. The van der Waals surface area contributed by atoms with Gasteiger partial charge in [-0.1, -0.05) is 19.1 Å². The smallest absolute Gasteiger partial charge is 0.162 e. The lowest BCUT2D eigenvalue weighted by atomic mass is 10.1. The van der Waals surface area contributed by atoms with Crippen LogP contribution in [0.5, 0.6) is 11.5 Å². The highest BCUT2D eigenvalue weighted by Crippen LogP contribution is 2.26. The summed E-state index contributed by atoms with van der Waals surface area (Å²) in [6.07, 6.45) is 0.956. The first kappa shape index (κ1) is 13.1. The zero-order chi connectivity index (χ0) is 13.8. The molecule has 2 rings (SSSR count). The molecule has 0 aliphatic carbocycles. The van der Waals surface area contributed by atoms with Crippen molar-refractivity contribution in [3.05, 3.63) is 53.6 Å². The Morgan fingerprint density at radius 2 is 1.89 bits per heavy atom. The number of ether oxygens (including phenoxy) is 1. The van der Waals surface area contributed by atoms with Gasteiger partial charge < -0.3 is 10.5 Å². The quantitative estimate of drug-likeness (QED) is 0.667. The predicted octanol–water partition coefficient (Wildman–Crippen LogP) is 3.83. The molecule has 0 fully saturated rings. The van der Waals surface area contributed by atoms with Crippen LogP contribution in [0.15, 0.2) is 42.5 Å². The Hall–Kier alpha value is -2.29. The van der Waals surface area contributed by atoms with Gasteiger partial charge in [-0.2, -0.15) is 0 Å². The molecule has 2 N–H and O–H groups in total. The maximum absolute atomic E-state index is 11.4. The monoisotopic (exact) mass is 255 g/mol. The lowest BCUT2D eigenvalue weighted by Gasteiger charge is -2.09. The van der Waals surface area contributed by atoms with Crippen LogP contribution < -0.4 is 10.5 Å². The van der Waals surface area contributed by atoms with E-state index in [1.807, 2.05) is 18.2 Å². The number of ketones is 1. The average molecular weight is 255 g/mol. The maximum Gasteiger partial charge on any atom is 0.162 e. The number of nitrogen functional groups attached to an aromatic ring is 1. The summed E-state index contributed by atoms with van der Waals surface area (Å²) in [6.45, 7) is 3.59. The second-order valence-electron chi connectivity index (χ2n) is 4.41. The molecule has 0 aliphatic rings. The number of hydrogen-bond donors (Lipinski definition) is 1. The second kappa shape index (κ2) is 5.57. The molecule has 0 aliphatic heterocycles. The topological polar surface area (TPSA) is 52.3 Å². The van der Waals surface area contributed by atoms with Crippen LogP contribution in [0.4, 0.5) is 5.69 Å². The van der Waals surface area contributed by atoms with Crippen molar-refractivity contribution < 1.29 is 9.53 Å². The van der Waals surface area contributed by atoms with Crippen molar-refractivity contribution in [3.8, 4) is 11.5 Å². The normalized spacial score (nSPS) is 10.2. The molecule has 0 aromatic heterocycles. The van der Waals surface area contributed by atoms with Crippen LogP contribution in [0, 0.1) is 0 Å². The number of nitrogens with two attached hydrogens (primary N) is 1. The summed E-state index contributed by atoms with van der Waals surface area (Å²) in [5.41, 5.74) is 7.93. The van der Waals surface area contributed by atoms with Crippen LogP contribution in [0.3, 0.4) is 0 Å². The van der Waals surface area contributed by atoms with Gasteiger partial charge >= 0.3 is 0 Å². The Kier molecular flexibility index (Phi) is 3.85. The van der Waals surface area contributed by atoms with Gasteiger partial charge in [-0.15, -0.1) is 0 Å². The summed E-state index contributed by atoms with van der Waals surface area (Å²) in [7, 11) is 0. The van der Waals surface area contributed by atoms with Crippen molar-refractivity contribution in [2.75, 3.05) is 5.73 Å². The lowest BCUT2D eigenvalue weighted by molar-refractivity contribution is 0.101. The van der Waals surface area contributed by atoms with Gasteiger partial charge in [0.2, 0.25) is 0 Å². The van der Waals surface area contributed by atoms with E-state index in [0.29, 0.717) is 17.0 Å². The SMILES string of the molecule is CCc1cccc(Oc2ccc(N)c(C(C)=O)c2)c1. The van der Waals surface area contributed by atoms with Crippen molar-refractivity contribution in [1.82, 2.24) is 0 Å². The molecular weight excluding hydrogens is 238 g/mol. The number of Topliss-reactive ketones (excluding diaryl/α,β-unsaturated/α-hetero) is 1. The van der Waals surface area contributed by atoms with E-state index >= 15 is 0 Å². The summed E-state index contributed by atoms with van der Waals surface area (Å²) in [4.78, 5) is 11.4. The fourth-order valence-electron chi connectivity index (χ4n) is 1.87. The van der Waals surface area contributed by atoms with Crippen LogP contribution in [0.1, 0.15) is 29.8 Å². The van der Waals surface area contributed by atoms with E-state index in [0.717, 1.165) is 12.2 Å². The van der Waals surface area contributed by atoms with Gasteiger partial charge in [0, 0.05) is 11.3 Å². The highest BCUT2D eigenvalue weighted by molar-refractivity contribution is 5.99. The van der Waals surface area contributed by atoms with Crippen molar-refractivity contribution >= 4 is 11.5 Å². The highest BCUT2D eigenvalue weighted by atomic mass is 16.5. The van der Waals surface area contributed by atoms with Crippen LogP contribution in [-0.2, 0) is 6.42 Å². The Morgan fingerprint density at radius 3 is 2.58 bits per heavy atom. The third-order valence-electron chi connectivity index (χ3n) is 2.95. The predicted molar refractivity (Wildman–Crippen MR) is 76.8 cm³/mol. The van der Waals surface area contributed by atoms with Gasteiger partial charge in [-0.3, -0.25) is 4.79 Å². The molecule has 19 heavy (non-hydrogen) atoms. The molecule has 0 amide bonds. The van der Waals surface area contributed by atoms with E-state index < -0.39 is 0 Å². The van der Waals surface area contributed by atoms with Crippen LogP contribution in [0.25, 0.3) is 0 Å². The van der Waals surface area contributed by atoms with E-state index in [-0.39, 0.29) is 5.78 Å². The molecule has 2 aromatic carbocycles. The van der Waals surface area contributed by atoms with Gasteiger partial charge in [-0.25, -0.2) is 0 Å².